The number of anilines is 1. The molecule has 3 heteroatoms. The highest BCUT2D eigenvalue weighted by Crippen LogP contribution is 2.23. The molecule has 0 aliphatic carbocycles. The van der Waals surface area contributed by atoms with E-state index >= 15 is 0 Å². The van der Waals surface area contributed by atoms with Crippen molar-refractivity contribution in [3.05, 3.63) is 40.4 Å². The molecule has 0 heterocycles. The van der Waals surface area contributed by atoms with Gasteiger partial charge >= 0.3 is 0 Å². The predicted octanol–water partition coefficient (Wildman–Crippen LogP) is 2.95. The van der Waals surface area contributed by atoms with Crippen LogP contribution in [0.2, 0.25) is 0 Å². The number of hydrogen-bond acceptors (Lipinski definition) is 2. The average molecular weight is 270 g/mol. The molecule has 1 N–H and O–H groups in total. The first-order valence-corrected chi connectivity index (χ1v) is 5.58. The molecule has 0 fully saturated rings. The summed E-state index contributed by atoms with van der Waals surface area (Å²) in [5, 5.41) is 9.04. The number of nitrogens with zero attached hydrogens (tertiary/aromatic N) is 1. The topological polar surface area (TPSA) is 23.5 Å². The summed E-state index contributed by atoms with van der Waals surface area (Å²) < 4.78 is 0.941. The van der Waals surface area contributed by atoms with Crippen LogP contribution < -0.4 is 4.90 Å². The molecule has 1 aromatic rings. The van der Waals surface area contributed by atoms with Gasteiger partial charge in [0.05, 0.1) is 6.61 Å². The predicted molar refractivity (Wildman–Crippen MR) is 68.1 cm³/mol. The van der Waals surface area contributed by atoms with Gasteiger partial charge in [-0.15, -0.1) is 0 Å². The summed E-state index contributed by atoms with van der Waals surface area (Å²) in [6, 6.07) is 5.93. The maximum Gasteiger partial charge on any atom is 0.0692 e. The highest BCUT2D eigenvalue weighted by Gasteiger charge is 2.04. The van der Waals surface area contributed by atoms with Crippen molar-refractivity contribution >= 4 is 21.6 Å². The van der Waals surface area contributed by atoms with E-state index < -0.39 is 0 Å². The lowest BCUT2D eigenvalue weighted by Crippen LogP contribution is -2.18. The Morgan fingerprint density at radius 3 is 2.67 bits per heavy atom. The van der Waals surface area contributed by atoms with Crippen molar-refractivity contribution in [3.63, 3.8) is 0 Å². The van der Waals surface area contributed by atoms with Crippen molar-refractivity contribution in [1.82, 2.24) is 0 Å². The van der Waals surface area contributed by atoms with Crippen LogP contribution in [0.3, 0.4) is 0 Å². The number of benzene rings is 1. The second kappa shape index (κ2) is 5.33. The molecule has 15 heavy (non-hydrogen) atoms. The van der Waals surface area contributed by atoms with Gasteiger partial charge in [0.25, 0.3) is 0 Å². The number of aliphatic hydroxyl groups is 1. The molecule has 1 rings (SSSR count). The second-order valence-corrected chi connectivity index (χ2v) is 4.60. The molecule has 0 aliphatic rings. The minimum Gasteiger partial charge on any atom is -0.392 e. The number of aliphatic hydroxyl groups excluding tert-OH is 1. The maximum atomic E-state index is 9.04. The number of hydrogen-bond donors (Lipinski definition) is 1. The Morgan fingerprint density at radius 1 is 1.53 bits per heavy atom. The molecule has 1 aromatic carbocycles. The molecule has 0 atom stereocenters. The largest absolute Gasteiger partial charge is 0.392 e. The van der Waals surface area contributed by atoms with Crippen LogP contribution in [0.15, 0.2) is 34.8 Å². The van der Waals surface area contributed by atoms with E-state index in [0.29, 0.717) is 0 Å². The zero-order valence-electron chi connectivity index (χ0n) is 9.13. The summed E-state index contributed by atoms with van der Waals surface area (Å²) in [6.07, 6.45) is 0. The van der Waals surface area contributed by atoms with Crippen molar-refractivity contribution in [2.45, 2.75) is 13.5 Å². The number of halogens is 1. The SMILES string of the molecule is C=C(C)CN(C)c1ccc(CO)c(Br)c1. The standard InChI is InChI=1S/C12H16BrNO/c1-9(2)7-14(3)11-5-4-10(8-15)12(13)6-11/h4-6,15H,1,7-8H2,2-3H3. The molecule has 0 aliphatic heterocycles. The van der Waals surface area contributed by atoms with Crippen LogP contribution in [0.4, 0.5) is 5.69 Å². The van der Waals surface area contributed by atoms with Crippen LogP contribution >= 0.6 is 15.9 Å². The summed E-state index contributed by atoms with van der Waals surface area (Å²) in [7, 11) is 2.02. The molecule has 0 spiro atoms. The molecule has 0 saturated carbocycles. The van der Waals surface area contributed by atoms with Crippen LogP contribution in [-0.2, 0) is 6.61 Å². The van der Waals surface area contributed by atoms with Crippen LogP contribution in [-0.4, -0.2) is 18.7 Å². The third-order valence-corrected chi connectivity index (χ3v) is 2.89. The van der Waals surface area contributed by atoms with Crippen molar-refractivity contribution in [2.75, 3.05) is 18.5 Å². The first-order valence-electron chi connectivity index (χ1n) is 4.79. The van der Waals surface area contributed by atoms with Crippen LogP contribution in [0.5, 0.6) is 0 Å². The molecule has 0 aromatic heterocycles. The fraction of sp³-hybridized carbons (Fsp3) is 0.333. The van der Waals surface area contributed by atoms with Gasteiger partial charge in [0.2, 0.25) is 0 Å². The maximum absolute atomic E-state index is 9.04. The molecule has 0 amide bonds. The van der Waals surface area contributed by atoms with Crippen LogP contribution in [0.1, 0.15) is 12.5 Å². The van der Waals surface area contributed by atoms with E-state index in [-0.39, 0.29) is 6.61 Å². The van der Waals surface area contributed by atoms with E-state index in [0.717, 1.165) is 27.8 Å². The highest BCUT2D eigenvalue weighted by atomic mass is 79.9. The fourth-order valence-electron chi connectivity index (χ4n) is 1.40. The molecular formula is C12H16BrNO. The van der Waals surface area contributed by atoms with Gasteiger partial charge in [-0.3, -0.25) is 0 Å². The zero-order chi connectivity index (χ0) is 11.4. The van der Waals surface area contributed by atoms with E-state index in [1.54, 1.807) is 0 Å². The molecule has 0 radical (unpaired) electrons. The zero-order valence-corrected chi connectivity index (χ0v) is 10.7. The average Bonchev–Trinajstić information content (AvgIpc) is 2.16. The van der Waals surface area contributed by atoms with E-state index in [1.165, 1.54) is 0 Å². The summed E-state index contributed by atoms with van der Waals surface area (Å²) in [6.45, 7) is 6.79. The minimum atomic E-state index is 0.0606. The Hall–Kier alpha value is -0.800. The monoisotopic (exact) mass is 269 g/mol. The molecule has 82 valence electrons. The minimum absolute atomic E-state index is 0.0606. The van der Waals surface area contributed by atoms with Gasteiger partial charge in [-0.2, -0.15) is 0 Å². The van der Waals surface area contributed by atoms with Gasteiger partial charge in [0.1, 0.15) is 0 Å². The molecular weight excluding hydrogens is 254 g/mol. The van der Waals surface area contributed by atoms with Gasteiger partial charge in [0.15, 0.2) is 0 Å². The van der Waals surface area contributed by atoms with Crippen molar-refractivity contribution < 1.29 is 5.11 Å². The lowest BCUT2D eigenvalue weighted by atomic mass is 10.2. The Labute approximate surface area is 99.4 Å². The van der Waals surface area contributed by atoms with E-state index in [9.17, 15) is 0 Å². The molecule has 0 bridgehead atoms. The molecule has 0 unspecified atom stereocenters. The van der Waals surface area contributed by atoms with Crippen molar-refractivity contribution in [2.24, 2.45) is 0 Å². The third-order valence-electron chi connectivity index (χ3n) is 2.15. The summed E-state index contributed by atoms with van der Waals surface area (Å²) in [4.78, 5) is 2.12. The lowest BCUT2D eigenvalue weighted by molar-refractivity contribution is 0.281. The number of likely N-dealkylation sites (N-methyl/N-ethyl adjacent to an activating group) is 1. The van der Waals surface area contributed by atoms with Gasteiger partial charge in [-0.1, -0.05) is 34.1 Å². The van der Waals surface area contributed by atoms with Crippen LogP contribution in [0.25, 0.3) is 0 Å². The Balaban J connectivity index is 2.87. The number of rotatable bonds is 4. The van der Waals surface area contributed by atoms with Crippen molar-refractivity contribution in [3.8, 4) is 0 Å². The smallest absolute Gasteiger partial charge is 0.0692 e. The van der Waals surface area contributed by atoms with Gasteiger partial charge in [0, 0.05) is 23.8 Å². The third kappa shape index (κ3) is 3.36. The quantitative estimate of drug-likeness (QED) is 0.850. The Bertz CT molecular complexity index is 363. The Morgan fingerprint density at radius 2 is 2.20 bits per heavy atom. The summed E-state index contributed by atoms with van der Waals surface area (Å²) >= 11 is 3.43. The first kappa shape index (κ1) is 12.3. The fourth-order valence-corrected chi connectivity index (χ4v) is 1.89. The molecule has 0 saturated heterocycles. The van der Waals surface area contributed by atoms with Gasteiger partial charge in [-0.25, -0.2) is 0 Å². The van der Waals surface area contributed by atoms with E-state index in [4.69, 9.17) is 5.11 Å². The van der Waals surface area contributed by atoms with Crippen LogP contribution in [0, 0.1) is 0 Å². The lowest BCUT2D eigenvalue weighted by Gasteiger charge is -2.20. The Kier molecular flexibility index (Phi) is 4.36. The first-order chi connectivity index (χ1) is 7.04. The summed E-state index contributed by atoms with van der Waals surface area (Å²) in [5.41, 5.74) is 3.14. The summed E-state index contributed by atoms with van der Waals surface area (Å²) in [5.74, 6) is 0. The molecule has 2 nitrogen and oxygen atoms in total. The normalized spacial score (nSPS) is 10.1. The van der Waals surface area contributed by atoms with Gasteiger partial charge < -0.3 is 10.0 Å². The van der Waals surface area contributed by atoms with Gasteiger partial charge in [-0.05, 0) is 24.6 Å². The highest BCUT2D eigenvalue weighted by molar-refractivity contribution is 9.10. The van der Waals surface area contributed by atoms with Crippen molar-refractivity contribution in [1.29, 1.82) is 0 Å². The van der Waals surface area contributed by atoms with E-state index in [1.807, 2.05) is 32.2 Å². The van der Waals surface area contributed by atoms with E-state index in [2.05, 4.69) is 27.4 Å². The second-order valence-electron chi connectivity index (χ2n) is 3.75.